The summed E-state index contributed by atoms with van der Waals surface area (Å²) in [5, 5.41) is 2.62. The Hall–Kier alpha value is -2.14. The number of aromatic nitrogens is 1. The van der Waals surface area contributed by atoms with Gasteiger partial charge in [-0.2, -0.15) is 0 Å². The minimum Gasteiger partial charge on any atom is -0.346 e. The molecule has 0 spiro atoms. The van der Waals surface area contributed by atoms with E-state index in [9.17, 15) is 14.0 Å². The second kappa shape index (κ2) is 5.00. The van der Waals surface area contributed by atoms with Gasteiger partial charge in [0.1, 0.15) is 11.5 Å². The summed E-state index contributed by atoms with van der Waals surface area (Å²) in [5.74, 6) is -0.819. The molecule has 0 fully saturated rings. The molecular weight excluding hydrogens is 295 g/mol. The molecule has 3 rings (SSSR count). The van der Waals surface area contributed by atoms with Gasteiger partial charge in [0.15, 0.2) is 5.78 Å². The number of hydrogen-bond acceptors (Lipinski definition) is 2. The second-order valence-corrected chi connectivity index (χ2v) is 5.39. The molecule has 0 saturated heterocycles. The van der Waals surface area contributed by atoms with Crippen LogP contribution in [0.5, 0.6) is 0 Å². The van der Waals surface area contributed by atoms with E-state index in [1.807, 2.05) is 0 Å². The molecule has 2 aromatic rings. The number of ketones is 1. The third kappa shape index (κ3) is 2.34. The van der Waals surface area contributed by atoms with Crippen molar-refractivity contribution in [3.8, 4) is 0 Å². The molecule has 0 aliphatic heterocycles. The van der Waals surface area contributed by atoms with E-state index in [0.717, 1.165) is 5.56 Å². The Morgan fingerprint density at radius 2 is 2.14 bits per heavy atom. The number of halogens is 2. The van der Waals surface area contributed by atoms with Gasteiger partial charge < -0.3 is 9.88 Å². The average molecular weight is 307 g/mol. The zero-order valence-electron chi connectivity index (χ0n) is 11.2. The fraction of sp³-hybridized carbons (Fsp3) is 0.200. The predicted molar refractivity (Wildman–Crippen MR) is 77.4 cm³/mol. The van der Waals surface area contributed by atoms with E-state index in [-0.39, 0.29) is 16.7 Å². The Balaban J connectivity index is 1.91. The zero-order chi connectivity index (χ0) is 15.1. The van der Waals surface area contributed by atoms with Crippen LogP contribution in [-0.4, -0.2) is 16.3 Å². The van der Waals surface area contributed by atoms with Crippen LogP contribution in [0.1, 0.15) is 32.8 Å². The van der Waals surface area contributed by atoms with E-state index in [0.29, 0.717) is 29.8 Å². The number of nitrogens with one attached hydrogen (secondary N) is 1. The van der Waals surface area contributed by atoms with Crippen LogP contribution < -0.4 is 5.32 Å². The number of aryl methyl sites for hydroxylation is 1. The highest BCUT2D eigenvalue weighted by molar-refractivity contribution is 6.31. The van der Waals surface area contributed by atoms with Gasteiger partial charge in [-0.3, -0.25) is 9.59 Å². The van der Waals surface area contributed by atoms with Gasteiger partial charge in [-0.25, -0.2) is 4.39 Å². The fourth-order valence-electron chi connectivity index (χ4n) is 2.60. The first kappa shape index (κ1) is 13.8. The Morgan fingerprint density at radius 1 is 1.38 bits per heavy atom. The van der Waals surface area contributed by atoms with E-state index < -0.39 is 5.82 Å². The second-order valence-electron chi connectivity index (χ2n) is 4.99. The number of Topliss-reactive ketones (excluding diaryl/α,β-unsaturated/α-hetero) is 1. The number of rotatable bonds is 2. The van der Waals surface area contributed by atoms with Crippen LogP contribution in [0, 0.1) is 5.82 Å². The molecule has 21 heavy (non-hydrogen) atoms. The number of carbonyl (C=O) groups is 2. The normalized spacial score (nSPS) is 13.4. The fourth-order valence-corrected chi connectivity index (χ4v) is 2.79. The minimum absolute atomic E-state index is 0.0555. The number of anilines is 1. The average Bonchev–Trinajstić information content (AvgIpc) is 2.93. The van der Waals surface area contributed by atoms with Crippen LogP contribution >= 0.6 is 11.6 Å². The molecule has 1 aliphatic carbocycles. The van der Waals surface area contributed by atoms with Gasteiger partial charge in [-0.15, -0.1) is 0 Å². The van der Waals surface area contributed by atoms with Crippen LogP contribution in [0.4, 0.5) is 10.1 Å². The van der Waals surface area contributed by atoms with Crippen molar-refractivity contribution in [3.63, 3.8) is 0 Å². The molecular formula is C15H12ClFN2O2. The molecule has 0 radical (unpaired) electrons. The quantitative estimate of drug-likeness (QED) is 0.926. The summed E-state index contributed by atoms with van der Waals surface area (Å²) in [6, 6.07) is 3.98. The Kier molecular flexibility index (Phi) is 3.29. The third-order valence-corrected chi connectivity index (χ3v) is 3.87. The van der Waals surface area contributed by atoms with Crippen molar-refractivity contribution in [2.24, 2.45) is 7.05 Å². The van der Waals surface area contributed by atoms with Crippen LogP contribution in [-0.2, 0) is 13.5 Å². The van der Waals surface area contributed by atoms with Crippen LogP contribution in [0.15, 0.2) is 24.4 Å². The van der Waals surface area contributed by atoms with Crippen molar-refractivity contribution in [1.29, 1.82) is 0 Å². The summed E-state index contributed by atoms with van der Waals surface area (Å²) < 4.78 is 14.8. The topological polar surface area (TPSA) is 51.1 Å². The third-order valence-electron chi connectivity index (χ3n) is 3.58. The lowest BCUT2D eigenvalue weighted by Crippen LogP contribution is -2.17. The summed E-state index contributed by atoms with van der Waals surface area (Å²) in [4.78, 5) is 24.1. The van der Waals surface area contributed by atoms with Crippen LogP contribution in [0.3, 0.4) is 0 Å². The number of hydrogen-bond donors (Lipinski definition) is 1. The lowest BCUT2D eigenvalue weighted by atomic mass is 10.1. The predicted octanol–water partition coefficient (Wildman–Crippen LogP) is 3.20. The number of fused-ring (bicyclic) bond motifs is 1. The van der Waals surface area contributed by atoms with Gasteiger partial charge in [0.05, 0.1) is 5.02 Å². The number of nitrogens with zero attached hydrogens (tertiary/aromatic N) is 1. The van der Waals surface area contributed by atoms with E-state index in [2.05, 4.69) is 5.32 Å². The van der Waals surface area contributed by atoms with E-state index >= 15 is 0 Å². The number of carbonyl (C=O) groups excluding carboxylic acids is 2. The molecule has 0 saturated carbocycles. The van der Waals surface area contributed by atoms with E-state index in [4.69, 9.17) is 11.6 Å². The molecule has 0 bridgehead atoms. The first-order valence-corrected chi connectivity index (χ1v) is 6.83. The molecule has 1 amide bonds. The van der Waals surface area contributed by atoms with Crippen molar-refractivity contribution in [2.45, 2.75) is 12.8 Å². The summed E-state index contributed by atoms with van der Waals surface area (Å²) in [6.07, 6.45) is 2.69. The lowest BCUT2D eigenvalue weighted by molar-refractivity contribution is 0.0989. The summed E-state index contributed by atoms with van der Waals surface area (Å²) >= 11 is 5.69. The van der Waals surface area contributed by atoms with Gasteiger partial charge in [-0.05, 0) is 30.2 Å². The molecule has 1 aromatic heterocycles. The van der Waals surface area contributed by atoms with Crippen molar-refractivity contribution in [2.75, 3.05) is 5.32 Å². The molecule has 1 N–H and O–H groups in total. The molecule has 0 atom stereocenters. The monoisotopic (exact) mass is 306 g/mol. The molecule has 0 unspecified atom stereocenters. The first-order valence-electron chi connectivity index (χ1n) is 6.45. The zero-order valence-corrected chi connectivity index (χ0v) is 12.0. The van der Waals surface area contributed by atoms with Gasteiger partial charge in [0.2, 0.25) is 0 Å². The van der Waals surface area contributed by atoms with Gasteiger partial charge in [-0.1, -0.05) is 11.6 Å². The van der Waals surface area contributed by atoms with Crippen molar-refractivity contribution in [3.05, 3.63) is 52.1 Å². The number of amides is 1. The Labute approximate surface area is 125 Å². The summed E-state index contributed by atoms with van der Waals surface area (Å²) in [6.45, 7) is 0. The lowest BCUT2D eigenvalue weighted by Gasteiger charge is -2.08. The summed E-state index contributed by atoms with van der Waals surface area (Å²) in [5.41, 5.74) is 2.25. The van der Waals surface area contributed by atoms with E-state index in [1.54, 1.807) is 17.8 Å². The van der Waals surface area contributed by atoms with Crippen molar-refractivity contribution >= 4 is 29.0 Å². The smallest absolute Gasteiger partial charge is 0.272 e. The maximum atomic E-state index is 13.1. The van der Waals surface area contributed by atoms with Gasteiger partial charge in [0, 0.05) is 30.9 Å². The molecule has 4 nitrogen and oxygen atoms in total. The summed E-state index contributed by atoms with van der Waals surface area (Å²) in [7, 11) is 1.72. The highest BCUT2D eigenvalue weighted by Crippen LogP contribution is 2.28. The van der Waals surface area contributed by atoms with Crippen LogP contribution in [0.2, 0.25) is 5.02 Å². The number of benzene rings is 1. The Morgan fingerprint density at radius 3 is 2.86 bits per heavy atom. The molecule has 1 aromatic carbocycles. The molecule has 6 heteroatoms. The molecule has 108 valence electrons. The maximum Gasteiger partial charge on any atom is 0.272 e. The molecule has 1 heterocycles. The van der Waals surface area contributed by atoms with Gasteiger partial charge >= 0.3 is 0 Å². The van der Waals surface area contributed by atoms with Gasteiger partial charge in [0.25, 0.3) is 5.91 Å². The largest absolute Gasteiger partial charge is 0.346 e. The highest BCUT2D eigenvalue weighted by Gasteiger charge is 2.28. The van der Waals surface area contributed by atoms with Crippen LogP contribution in [0.25, 0.3) is 0 Å². The molecule has 1 aliphatic rings. The van der Waals surface area contributed by atoms with Crippen molar-refractivity contribution < 1.29 is 14.0 Å². The van der Waals surface area contributed by atoms with E-state index in [1.165, 1.54) is 18.2 Å². The highest BCUT2D eigenvalue weighted by atomic mass is 35.5. The first-order chi connectivity index (χ1) is 9.97. The Bertz CT molecular complexity index is 767. The minimum atomic E-state index is -0.542. The van der Waals surface area contributed by atoms with Crippen molar-refractivity contribution in [1.82, 2.24) is 4.57 Å². The standard InChI is InChI=1S/C15H12ClFN2O2/c1-19-7-10-9(3-5-13(10)20)14(19)15(21)18-8-2-4-12(17)11(16)6-8/h2,4,6-7H,3,5H2,1H3,(H,18,21). The SMILES string of the molecule is Cn1cc2c(c1C(=O)Nc1ccc(F)c(Cl)c1)CCC2=O. The maximum absolute atomic E-state index is 13.1.